The number of carboxylic acid groups (broad SMARTS) is 2. The number of amides is 1. The summed E-state index contributed by atoms with van der Waals surface area (Å²) in [5, 5.41) is 18.6. The minimum absolute atomic E-state index is 0.117. The number of hydrogen-bond acceptors (Lipinski definition) is 6. The third kappa shape index (κ3) is 4.26. The highest BCUT2D eigenvalue weighted by Crippen LogP contribution is 2.55. The molecule has 9 heteroatoms. The van der Waals surface area contributed by atoms with Gasteiger partial charge in [0.2, 0.25) is 0 Å². The van der Waals surface area contributed by atoms with Crippen molar-refractivity contribution in [2.24, 2.45) is 11.8 Å². The fraction of sp³-hybridized carbons (Fsp3) is 0.481. The molecule has 0 aromatic rings. The van der Waals surface area contributed by atoms with Gasteiger partial charge in [-0.15, -0.1) is 0 Å². The van der Waals surface area contributed by atoms with E-state index in [0.29, 0.717) is 22.8 Å². The number of thioether (sulfide) groups is 1. The standard InChI is InChI=1S/C27H30N2O5S2/c1-27-13-12-16(14-19(27)18-8-5-9-20(18)29(27)17-6-3-2-4-7-17)15-22-24(32)28(26(35)36-22)21(25(33)34)10-11-23(30)31/h2-3,6,12-15,18-21H,4-5,7-11H2,1H3,(H,30,31)(H,33,34)/b22-15+. The van der Waals surface area contributed by atoms with Crippen LogP contribution < -0.4 is 0 Å². The van der Waals surface area contributed by atoms with Crippen LogP contribution in [0.2, 0.25) is 0 Å². The molecule has 0 aromatic carbocycles. The van der Waals surface area contributed by atoms with Crippen molar-refractivity contribution in [2.45, 2.75) is 69.5 Å². The van der Waals surface area contributed by atoms with Crippen molar-refractivity contribution in [3.8, 4) is 0 Å². The van der Waals surface area contributed by atoms with E-state index in [2.05, 4.69) is 48.3 Å². The molecule has 5 rings (SSSR count). The van der Waals surface area contributed by atoms with Crippen molar-refractivity contribution in [1.82, 2.24) is 9.80 Å². The summed E-state index contributed by atoms with van der Waals surface area (Å²) in [5.74, 6) is -1.97. The van der Waals surface area contributed by atoms with Crippen LogP contribution in [0.3, 0.4) is 0 Å². The topological polar surface area (TPSA) is 98.1 Å². The maximum Gasteiger partial charge on any atom is 0.326 e. The maximum atomic E-state index is 13.2. The summed E-state index contributed by atoms with van der Waals surface area (Å²) in [4.78, 5) is 40.0. The van der Waals surface area contributed by atoms with Crippen LogP contribution in [0, 0.1) is 11.8 Å². The molecule has 2 heterocycles. The number of aliphatic carboxylic acids is 2. The molecule has 2 aliphatic heterocycles. The zero-order valence-corrected chi connectivity index (χ0v) is 21.8. The molecule has 5 atom stereocenters. The number of carboxylic acids is 2. The Morgan fingerprint density at radius 1 is 1.33 bits per heavy atom. The second-order valence-electron chi connectivity index (χ2n) is 10.2. The Morgan fingerprint density at radius 2 is 2.14 bits per heavy atom. The lowest BCUT2D eigenvalue weighted by Crippen LogP contribution is -2.46. The van der Waals surface area contributed by atoms with Crippen LogP contribution in [-0.4, -0.2) is 59.8 Å². The van der Waals surface area contributed by atoms with E-state index in [-0.39, 0.29) is 22.7 Å². The molecular formula is C27H30N2O5S2. The third-order valence-corrected chi connectivity index (χ3v) is 9.48. The molecule has 190 valence electrons. The molecule has 3 fully saturated rings. The minimum Gasteiger partial charge on any atom is -0.481 e. The van der Waals surface area contributed by atoms with Crippen molar-refractivity contribution < 1.29 is 24.6 Å². The molecule has 5 unspecified atom stereocenters. The molecule has 1 saturated carbocycles. The molecule has 5 aliphatic rings. The van der Waals surface area contributed by atoms with Crippen molar-refractivity contribution >= 4 is 46.1 Å². The number of nitrogens with zero attached hydrogens (tertiary/aromatic N) is 2. The average molecular weight is 527 g/mol. The van der Waals surface area contributed by atoms with Crippen molar-refractivity contribution in [3.63, 3.8) is 0 Å². The fourth-order valence-electron chi connectivity index (χ4n) is 6.60. The Bertz CT molecular complexity index is 1170. The van der Waals surface area contributed by atoms with E-state index in [1.165, 1.54) is 25.0 Å². The van der Waals surface area contributed by atoms with Crippen LogP contribution >= 0.6 is 24.0 Å². The first-order chi connectivity index (χ1) is 17.2. The molecule has 0 radical (unpaired) electrons. The van der Waals surface area contributed by atoms with Crippen LogP contribution in [0.15, 0.2) is 58.7 Å². The Morgan fingerprint density at radius 3 is 2.83 bits per heavy atom. The average Bonchev–Trinajstić information content (AvgIpc) is 3.47. The van der Waals surface area contributed by atoms with Gasteiger partial charge in [0.15, 0.2) is 0 Å². The van der Waals surface area contributed by atoms with Gasteiger partial charge in [0.05, 0.1) is 10.4 Å². The lowest BCUT2D eigenvalue weighted by molar-refractivity contribution is -0.146. The first-order valence-corrected chi connectivity index (χ1v) is 13.7. The van der Waals surface area contributed by atoms with Gasteiger partial charge in [0.1, 0.15) is 10.4 Å². The smallest absolute Gasteiger partial charge is 0.326 e. The molecule has 0 bridgehead atoms. The van der Waals surface area contributed by atoms with E-state index in [0.717, 1.165) is 35.1 Å². The summed E-state index contributed by atoms with van der Waals surface area (Å²) in [5.41, 5.74) is 2.22. The van der Waals surface area contributed by atoms with Gasteiger partial charge in [0, 0.05) is 24.1 Å². The molecule has 2 saturated heterocycles. The lowest BCUT2D eigenvalue weighted by Gasteiger charge is -2.43. The van der Waals surface area contributed by atoms with E-state index in [4.69, 9.17) is 17.3 Å². The quantitative estimate of drug-likeness (QED) is 0.366. The van der Waals surface area contributed by atoms with E-state index < -0.39 is 23.9 Å². The first kappa shape index (κ1) is 25.0. The summed E-state index contributed by atoms with van der Waals surface area (Å²) in [7, 11) is 0. The predicted molar refractivity (Wildman–Crippen MR) is 142 cm³/mol. The van der Waals surface area contributed by atoms with Gasteiger partial charge in [-0.25, -0.2) is 4.79 Å². The Hall–Kier alpha value is -2.65. The number of allylic oxidation sites excluding steroid dienone is 7. The molecular weight excluding hydrogens is 496 g/mol. The number of likely N-dealkylation sites (tertiary alicyclic amines) is 1. The third-order valence-electron chi connectivity index (χ3n) is 8.15. The van der Waals surface area contributed by atoms with E-state index in [1.54, 1.807) is 6.08 Å². The molecule has 0 spiro atoms. The van der Waals surface area contributed by atoms with Crippen LogP contribution in [0.5, 0.6) is 0 Å². The Balaban J connectivity index is 1.41. The number of fused-ring (bicyclic) bond motifs is 3. The minimum atomic E-state index is -1.29. The maximum absolute atomic E-state index is 13.2. The summed E-state index contributed by atoms with van der Waals surface area (Å²) >= 11 is 6.42. The van der Waals surface area contributed by atoms with Gasteiger partial charge in [-0.2, -0.15) is 0 Å². The highest BCUT2D eigenvalue weighted by atomic mass is 32.2. The summed E-state index contributed by atoms with van der Waals surface area (Å²) in [6, 6.07) is -0.777. The molecule has 3 aliphatic carbocycles. The van der Waals surface area contributed by atoms with Crippen molar-refractivity contribution in [2.75, 3.05) is 0 Å². The van der Waals surface area contributed by atoms with E-state index in [1.807, 2.05) is 0 Å². The normalized spacial score (nSPS) is 33.0. The summed E-state index contributed by atoms with van der Waals surface area (Å²) in [6.07, 6.45) is 20.2. The second kappa shape index (κ2) is 9.67. The predicted octanol–water partition coefficient (Wildman–Crippen LogP) is 4.64. The van der Waals surface area contributed by atoms with E-state index in [9.17, 15) is 19.5 Å². The van der Waals surface area contributed by atoms with Crippen LogP contribution in [0.25, 0.3) is 0 Å². The van der Waals surface area contributed by atoms with Gasteiger partial charge in [-0.05, 0) is 62.7 Å². The molecule has 0 aromatic heterocycles. The van der Waals surface area contributed by atoms with Gasteiger partial charge >= 0.3 is 11.9 Å². The monoisotopic (exact) mass is 526 g/mol. The summed E-state index contributed by atoms with van der Waals surface area (Å²) < 4.78 is 0.148. The SMILES string of the molecule is CC12C=CC(/C=C3/SC(=S)N(C(CCC(=O)O)C(=O)O)C3=O)=CC1C1CCCC1N2C1=CC=CCC1. The Kier molecular flexibility index (Phi) is 6.72. The van der Waals surface area contributed by atoms with Crippen molar-refractivity contribution in [1.29, 1.82) is 0 Å². The zero-order chi connectivity index (χ0) is 25.6. The number of carbonyl (C=O) groups is 3. The molecule has 36 heavy (non-hydrogen) atoms. The molecule has 2 N–H and O–H groups in total. The lowest BCUT2D eigenvalue weighted by atomic mass is 9.75. The van der Waals surface area contributed by atoms with Gasteiger partial charge in [0.25, 0.3) is 5.91 Å². The molecule has 7 nitrogen and oxygen atoms in total. The molecule has 1 amide bonds. The van der Waals surface area contributed by atoms with Crippen LogP contribution in [0.1, 0.15) is 51.9 Å². The Labute approximate surface area is 220 Å². The highest BCUT2D eigenvalue weighted by molar-refractivity contribution is 8.26. The number of hydrogen-bond donors (Lipinski definition) is 2. The number of thiocarbonyl (C=S) groups is 1. The largest absolute Gasteiger partial charge is 0.481 e. The van der Waals surface area contributed by atoms with Crippen LogP contribution in [-0.2, 0) is 14.4 Å². The number of rotatable bonds is 7. The highest BCUT2D eigenvalue weighted by Gasteiger charge is 2.56. The van der Waals surface area contributed by atoms with Crippen LogP contribution in [0.4, 0.5) is 0 Å². The summed E-state index contributed by atoms with van der Waals surface area (Å²) in [6.45, 7) is 2.32. The van der Waals surface area contributed by atoms with Gasteiger partial charge < -0.3 is 15.1 Å². The first-order valence-electron chi connectivity index (χ1n) is 12.5. The zero-order valence-electron chi connectivity index (χ0n) is 20.1. The second-order valence-corrected chi connectivity index (χ2v) is 11.9. The van der Waals surface area contributed by atoms with Gasteiger partial charge in [-0.1, -0.05) is 60.8 Å². The fourth-order valence-corrected chi connectivity index (χ4v) is 7.96. The van der Waals surface area contributed by atoms with Crippen molar-refractivity contribution in [3.05, 3.63) is 58.7 Å². The van der Waals surface area contributed by atoms with E-state index >= 15 is 0 Å². The number of carbonyl (C=O) groups excluding carboxylic acids is 1. The van der Waals surface area contributed by atoms with Gasteiger partial charge in [-0.3, -0.25) is 14.5 Å².